The largest absolute Gasteiger partial charge is 0.472 e. The molecular weight excluding hydrogens is 1230 g/mol. The minimum atomic E-state index is -4.96. The van der Waals surface area contributed by atoms with Gasteiger partial charge in [0.15, 0.2) is 12.2 Å². The van der Waals surface area contributed by atoms with Gasteiger partial charge in [0.05, 0.1) is 26.4 Å². The van der Waals surface area contributed by atoms with Crippen molar-refractivity contribution in [2.45, 2.75) is 401 Å². The third kappa shape index (κ3) is 67.3. The fraction of sp³-hybridized carbons (Fsp3) is 0.947. The summed E-state index contributed by atoms with van der Waals surface area (Å²) in [5, 5.41) is 10.6. The van der Waals surface area contributed by atoms with Gasteiger partial charge in [-0.25, -0.2) is 9.13 Å². The summed E-state index contributed by atoms with van der Waals surface area (Å²) in [6.07, 6.45) is 51.3. The van der Waals surface area contributed by atoms with E-state index in [1.54, 1.807) is 0 Å². The smallest absolute Gasteiger partial charge is 0.462 e. The molecule has 0 rings (SSSR count). The fourth-order valence-electron chi connectivity index (χ4n) is 11.4. The van der Waals surface area contributed by atoms with Crippen LogP contribution in [-0.2, 0) is 65.4 Å². The Kier molecular flexibility index (Phi) is 64.3. The monoisotopic (exact) mass is 1380 g/mol. The predicted octanol–water partition coefficient (Wildman–Crippen LogP) is 21.8. The molecule has 6 atom stereocenters. The van der Waals surface area contributed by atoms with Crippen molar-refractivity contribution in [3.05, 3.63) is 0 Å². The van der Waals surface area contributed by atoms with Gasteiger partial charge in [0.2, 0.25) is 0 Å². The van der Waals surface area contributed by atoms with E-state index in [9.17, 15) is 43.2 Å². The van der Waals surface area contributed by atoms with Crippen LogP contribution in [0.25, 0.3) is 0 Å². The molecule has 19 heteroatoms. The highest BCUT2D eigenvalue weighted by Gasteiger charge is 2.30. The van der Waals surface area contributed by atoms with Crippen molar-refractivity contribution < 1.29 is 80.2 Å². The molecule has 0 aliphatic rings. The topological polar surface area (TPSA) is 237 Å². The van der Waals surface area contributed by atoms with Gasteiger partial charge in [0.25, 0.3) is 0 Å². The van der Waals surface area contributed by atoms with Gasteiger partial charge in [-0.2, -0.15) is 0 Å². The first kappa shape index (κ1) is 92.1. The van der Waals surface area contributed by atoms with Crippen molar-refractivity contribution >= 4 is 39.5 Å². The minimum absolute atomic E-state index is 0.106. The number of phosphoric acid groups is 2. The normalized spacial score (nSPS) is 14.4. The van der Waals surface area contributed by atoms with E-state index in [1.165, 1.54) is 180 Å². The van der Waals surface area contributed by atoms with E-state index in [2.05, 4.69) is 48.5 Å². The molecule has 3 N–H and O–H groups in total. The van der Waals surface area contributed by atoms with Crippen LogP contribution in [0.5, 0.6) is 0 Å². The van der Waals surface area contributed by atoms with Gasteiger partial charge in [-0.15, -0.1) is 0 Å². The highest BCUT2D eigenvalue weighted by atomic mass is 31.2. The summed E-state index contributed by atoms with van der Waals surface area (Å²) < 4.78 is 68.4. The van der Waals surface area contributed by atoms with Crippen molar-refractivity contribution in [2.24, 2.45) is 17.8 Å². The Morgan fingerprint density at radius 3 is 0.809 bits per heavy atom. The molecule has 0 saturated carbocycles. The van der Waals surface area contributed by atoms with Crippen LogP contribution in [0.4, 0.5) is 0 Å². The average molecular weight is 1380 g/mol. The lowest BCUT2D eigenvalue weighted by molar-refractivity contribution is -0.161. The summed E-state index contributed by atoms with van der Waals surface area (Å²) >= 11 is 0. The first-order chi connectivity index (χ1) is 45.3. The van der Waals surface area contributed by atoms with Crippen LogP contribution in [0.15, 0.2) is 0 Å². The molecule has 0 aromatic heterocycles. The molecule has 0 fully saturated rings. The van der Waals surface area contributed by atoms with E-state index in [-0.39, 0.29) is 25.7 Å². The molecular formula is C75H146O17P2. The van der Waals surface area contributed by atoms with E-state index in [0.717, 1.165) is 120 Å². The molecule has 0 saturated heterocycles. The molecule has 0 amide bonds. The molecule has 0 bridgehead atoms. The highest BCUT2D eigenvalue weighted by Crippen LogP contribution is 2.45. The van der Waals surface area contributed by atoms with Crippen molar-refractivity contribution in [3.8, 4) is 0 Å². The molecule has 94 heavy (non-hydrogen) atoms. The molecule has 0 aliphatic heterocycles. The highest BCUT2D eigenvalue weighted by molar-refractivity contribution is 7.47. The Morgan fingerprint density at radius 1 is 0.309 bits per heavy atom. The Labute approximate surface area is 575 Å². The Balaban J connectivity index is 5.21. The van der Waals surface area contributed by atoms with Crippen LogP contribution in [-0.4, -0.2) is 96.7 Å². The van der Waals surface area contributed by atoms with Crippen molar-refractivity contribution in [1.82, 2.24) is 0 Å². The lowest BCUT2D eigenvalue weighted by atomic mass is 9.99. The van der Waals surface area contributed by atoms with Crippen LogP contribution >= 0.6 is 15.6 Å². The zero-order valence-corrected chi connectivity index (χ0v) is 63.2. The van der Waals surface area contributed by atoms with Crippen LogP contribution < -0.4 is 0 Å². The number of carbonyl (C=O) groups is 4. The van der Waals surface area contributed by atoms with Crippen molar-refractivity contribution in [2.75, 3.05) is 39.6 Å². The van der Waals surface area contributed by atoms with Gasteiger partial charge >= 0.3 is 39.5 Å². The van der Waals surface area contributed by atoms with Crippen LogP contribution in [0.3, 0.4) is 0 Å². The van der Waals surface area contributed by atoms with Gasteiger partial charge in [-0.1, -0.05) is 331 Å². The number of rotatable bonds is 73. The van der Waals surface area contributed by atoms with Crippen molar-refractivity contribution in [1.29, 1.82) is 0 Å². The number of hydrogen-bond acceptors (Lipinski definition) is 15. The molecule has 0 aromatic carbocycles. The molecule has 0 spiro atoms. The number of unbranched alkanes of at least 4 members (excludes halogenated alkanes) is 40. The van der Waals surface area contributed by atoms with Crippen LogP contribution in [0.2, 0.25) is 0 Å². The summed E-state index contributed by atoms with van der Waals surface area (Å²) in [6.45, 7) is 11.9. The lowest BCUT2D eigenvalue weighted by Crippen LogP contribution is -2.30. The first-order valence-electron chi connectivity index (χ1n) is 38.9. The molecule has 0 radical (unpaired) electrons. The SMILES string of the molecule is CCCCCCCCCC(=O)OC[C@H](COP(=O)(O)OC[C@H](O)COP(=O)(O)OC[C@@H](COC(=O)CCCCCCCCCCCCCCC(C)C)OC(=O)CCCCCCCCCCCCCCCCCC(C)C)OC(=O)CCCCCCCCCCCCC(C)CC. The Hall–Kier alpha value is -1.94. The van der Waals surface area contributed by atoms with Crippen LogP contribution in [0, 0.1) is 17.8 Å². The molecule has 0 aromatic rings. The van der Waals surface area contributed by atoms with E-state index in [0.29, 0.717) is 25.7 Å². The summed E-state index contributed by atoms with van der Waals surface area (Å²) in [6, 6.07) is 0. The van der Waals surface area contributed by atoms with Gasteiger partial charge in [0, 0.05) is 25.7 Å². The molecule has 558 valence electrons. The zero-order valence-electron chi connectivity index (χ0n) is 61.4. The van der Waals surface area contributed by atoms with E-state index < -0.39 is 97.5 Å². The average Bonchev–Trinajstić information content (AvgIpc) is 1.87. The number of esters is 4. The van der Waals surface area contributed by atoms with E-state index in [1.807, 2.05) is 0 Å². The van der Waals surface area contributed by atoms with Crippen LogP contribution in [0.1, 0.15) is 382 Å². The number of hydrogen-bond donors (Lipinski definition) is 3. The number of aliphatic hydroxyl groups excluding tert-OH is 1. The van der Waals surface area contributed by atoms with Gasteiger partial charge in [0.1, 0.15) is 19.3 Å². The lowest BCUT2D eigenvalue weighted by Gasteiger charge is -2.21. The van der Waals surface area contributed by atoms with E-state index >= 15 is 0 Å². The van der Waals surface area contributed by atoms with E-state index in [4.69, 9.17) is 37.0 Å². The molecule has 0 aliphatic carbocycles. The van der Waals surface area contributed by atoms with Gasteiger partial charge in [-0.3, -0.25) is 37.3 Å². The standard InChI is InChI=1S/C75H146O17P2/c1-8-10-11-12-32-42-49-56-72(77)85-62-70(91-75(80)59-52-45-38-31-25-24-28-35-41-48-55-68(7)9-2)64-89-93(81,82)87-60-69(76)61-88-94(83,84)90-65-71(63-86-73(78)57-50-43-36-29-22-19-18-21-27-34-40-47-54-67(5)6)92-74(79)58-51-44-37-30-23-17-15-13-14-16-20-26-33-39-46-53-66(3)4/h66-71,76H,8-65H2,1-7H3,(H,81,82)(H,83,84)/t68?,69-,70+,71+/m0/s1. The fourth-order valence-corrected chi connectivity index (χ4v) is 13.0. The van der Waals surface area contributed by atoms with Gasteiger partial charge < -0.3 is 33.8 Å². The molecule has 17 nitrogen and oxygen atoms in total. The third-order valence-electron chi connectivity index (χ3n) is 17.7. The Morgan fingerprint density at radius 2 is 0.543 bits per heavy atom. The summed E-state index contributed by atoms with van der Waals surface area (Å²) in [5.74, 6) is 0.265. The number of carbonyl (C=O) groups excluding carboxylic acids is 4. The summed E-state index contributed by atoms with van der Waals surface area (Å²) in [4.78, 5) is 72.7. The number of ether oxygens (including phenoxy) is 4. The number of phosphoric ester groups is 2. The maximum absolute atomic E-state index is 13.1. The zero-order chi connectivity index (χ0) is 69.4. The Bertz CT molecular complexity index is 1840. The van der Waals surface area contributed by atoms with Crippen molar-refractivity contribution in [3.63, 3.8) is 0 Å². The summed E-state index contributed by atoms with van der Waals surface area (Å²) in [5.41, 5.74) is 0. The summed E-state index contributed by atoms with van der Waals surface area (Å²) in [7, 11) is -9.91. The number of aliphatic hydroxyl groups is 1. The molecule has 0 heterocycles. The quantitative estimate of drug-likeness (QED) is 0.0222. The third-order valence-corrected chi connectivity index (χ3v) is 19.6. The minimum Gasteiger partial charge on any atom is -0.462 e. The molecule has 3 unspecified atom stereocenters. The first-order valence-corrected chi connectivity index (χ1v) is 41.9. The second kappa shape index (κ2) is 65.7. The second-order valence-electron chi connectivity index (χ2n) is 28.2. The predicted molar refractivity (Wildman–Crippen MR) is 381 cm³/mol. The maximum atomic E-state index is 13.1. The maximum Gasteiger partial charge on any atom is 0.472 e. The second-order valence-corrected chi connectivity index (χ2v) is 31.1. The van der Waals surface area contributed by atoms with Gasteiger partial charge in [-0.05, 0) is 43.4 Å².